The van der Waals surface area contributed by atoms with Gasteiger partial charge in [0.15, 0.2) is 0 Å². The predicted octanol–water partition coefficient (Wildman–Crippen LogP) is 5.49. The fourth-order valence-electron chi connectivity index (χ4n) is 3.43. The topological polar surface area (TPSA) is 107 Å². The Hall–Kier alpha value is -1.64. The van der Waals surface area contributed by atoms with Crippen molar-refractivity contribution < 1.29 is 0 Å². The highest BCUT2D eigenvalue weighted by molar-refractivity contribution is 6.28. The molecule has 0 unspecified atom stereocenters. The van der Waals surface area contributed by atoms with Crippen molar-refractivity contribution in [2.24, 2.45) is 5.73 Å². The quantitative estimate of drug-likeness (QED) is 0.313. The summed E-state index contributed by atoms with van der Waals surface area (Å²) < 4.78 is 0. The molecule has 0 spiro atoms. The molecule has 2 N–H and O–H groups in total. The van der Waals surface area contributed by atoms with Gasteiger partial charge in [0.05, 0.1) is 0 Å². The highest BCUT2D eigenvalue weighted by Crippen LogP contribution is 2.22. The fraction of sp³-hybridized carbons (Fsp3) is 0.727. The van der Waals surface area contributed by atoms with E-state index < -0.39 is 0 Å². The molecule has 178 valence electrons. The molecule has 0 bridgehead atoms. The van der Waals surface area contributed by atoms with Gasteiger partial charge >= 0.3 is 0 Å². The number of unbranched alkanes of at least 4 members (excludes halogenated alkanes) is 9. The summed E-state index contributed by atoms with van der Waals surface area (Å²) in [4.78, 5) is 28.0. The molecule has 32 heavy (non-hydrogen) atoms. The third-order valence-electron chi connectivity index (χ3n) is 5.24. The first-order valence-corrected chi connectivity index (χ1v) is 12.6. The largest absolute Gasteiger partial charge is 0.330 e. The van der Waals surface area contributed by atoms with Crippen LogP contribution in [0.3, 0.4) is 0 Å². The Bertz CT molecular complexity index is 752. The minimum absolute atomic E-state index is 0.166. The van der Waals surface area contributed by atoms with Gasteiger partial charge in [0.2, 0.25) is 22.5 Å². The van der Waals surface area contributed by atoms with E-state index in [1.807, 2.05) is 18.7 Å². The monoisotopic (exact) mass is 482 g/mol. The Morgan fingerprint density at radius 3 is 1.41 bits per heavy atom. The van der Waals surface area contributed by atoms with Crippen molar-refractivity contribution in [2.75, 3.05) is 18.0 Å². The SMILES string of the molecule is CCc1nc(Cl)nc(N(CCCCCCCCCCCCN)c2nc(Cl)nc(CC)n2)n1. The van der Waals surface area contributed by atoms with E-state index in [0.717, 1.165) is 25.8 Å². The van der Waals surface area contributed by atoms with E-state index in [0.29, 0.717) is 42.9 Å². The Morgan fingerprint density at radius 1 is 0.594 bits per heavy atom. The first-order chi connectivity index (χ1) is 15.6. The van der Waals surface area contributed by atoms with Crippen LogP contribution in [0.15, 0.2) is 0 Å². The van der Waals surface area contributed by atoms with Gasteiger partial charge in [0.25, 0.3) is 0 Å². The van der Waals surface area contributed by atoms with Gasteiger partial charge < -0.3 is 5.73 Å². The van der Waals surface area contributed by atoms with Gasteiger partial charge in [-0.25, -0.2) is 9.97 Å². The summed E-state index contributed by atoms with van der Waals surface area (Å²) in [6.07, 6.45) is 13.5. The average molecular weight is 483 g/mol. The number of nitrogens with two attached hydrogens (primary N) is 1. The summed E-state index contributed by atoms with van der Waals surface area (Å²) in [6.45, 7) is 5.44. The molecule has 0 aliphatic rings. The first kappa shape index (κ1) is 26.6. The van der Waals surface area contributed by atoms with E-state index in [1.54, 1.807) is 0 Å². The molecule has 0 fully saturated rings. The lowest BCUT2D eigenvalue weighted by Gasteiger charge is -2.21. The van der Waals surface area contributed by atoms with Crippen LogP contribution in [0.1, 0.15) is 89.7 Å². The third-order valence-corrected chi connectivity index (χ3v) is 5.57. The number of anilines is 2. The van der Waals surface area contributed by atoms with Crippen LogP contribution >= 0.6 is 23.2 Å². The minimum Gasteiger partial charge on any atom is -0.330 e. The highest BCUT2D eigenvalue weighted by Gasteiger charge is 2.19. The molecule has 0 saturated carbocycles. The van der Waals surface area contributed by atoms with Gasteiger partial charge in [-0.1, -0.05) is 65.2 Å². The second kappa shape index (κ2) is 15.2. The number of rotatable bonds is 16. The normalized spacial score (nSPS) is 11.2. The van der Waals surface area contributed by atoms with Crippen LogP contribution in [0.2, 0.25) is 10.6 Å². The summed E-state index contributed by atoms with van der Waals surface area (Å²) in [6, 6.07) is 0. The second-order valence-electron chi connectivity index (χ2n) is 7.82. The number of aryl methyl sites for hydroxylation is 2. The van der Waals surface area contributed by atoms with Crippen LogP contribution in [0, 0.1) is 0 Å². The van der Waals surface area contributed by atoms with Gasteiger partial charge in [0, 0.05) is 19.4 Å². The van der Waals surface area contributed by atoms with Gasteiger partial charge in [-0.05, 0) is 42.6 Å². The Labute approximate surface area is 201 Å². The fourth-order valence-corrected chi connectivity index (χ4v) is 3.78. The number of halogens is 2. The summed E-state index contributed by atoms with van der Waals surface area (Å²) in [5, 5.41) is 0.332. The lowest BCUT2D eigenvalue weighted by atomic mass is 10.1. The van der Waals surface area contributed by atoms with Gasteiger partial charge in [-0.2, -0.15) is 19.9 Å². The molecule has 0 atom stereocenters. The summed E-state index contributed by atoms with van der Waals surface area (Å²) in [7, 11) is 0. The molecule has 0 amide bonds. The smallest absolute Gasteiger partial charge is 0.236 e. The molecule has 2 aromatic heterocycles. The van der Waals surface area contributed by atoms with Gasteiger partial charge in [-0.15, -0.1) is 0 Å². The van der Waals surface area contributed by atoms with Crippen LogP contribution < -0.4 is 10.6 Å². The standard InChI is InChI=1S/C22H36Cl2N8/c1-3-17-26-19(23)30-21(28-17)32(22-29-18(4-2)27-20(24)31-22)16-14-12-10-8-6-5-7-9-11-13-15-25/h3-16,25H2,1-2H3. The lowest BCUT2D eigenvalue weighted by molar-refractivity contribution is 0.552. The van der Waals surface area contributed by atoms with Crippen molar-refractivity contribution in [1.82, 2.24) is 29.9 Å². The van der Waals surface area contributed by atoms with Crippen LogP contribution in [0.4, 0.5) is 11.9 Å². The molecule has 2 aromatic rings. The molecule has 0 aliphatic carbocycles. The summed E-state index contributed by atoms with van der Waals surface area (Å²) in [5.41, 5.74) is 5.54. The Kier molecular flexibility index (Phi) is 12.7. The van der Waals surface area contributed by atoms with Crippen LogP contribution in [-0.2, 0) is 12.8 Å². The maximum atomic E-state index is 6.15. The highest BCUT2D eigenvalue weighted by atomic mass is 35.5. The molecule has 0 aliphatic heterocycles. The molecule has 2 rings (SSSR count). The van der Waals surface area contributed by atoms with E-state index in [9.17, 15) is 0 Å². The van der Waals surface area contributed by atoms with Crippen molar-refractivity contribution in [3.63, 3.8) is 0 Å². The van der Waals surface area contributed by atoms with E-state index in [2.05, 4.69) is 29.9 Å². The molecule has 10 heteroatoms. The molecule has 0 aromatic carbocycles. The summed E-state index contributed by atoms with van der Waals surface area (Å²) >= 11 is 12.3. The van der Waals surface area contributed by atoms with E-state index in [1.165, 1.54) is 44.9 Å². The van der Waals surface area contributed by atoms with Crippen LogP contribution in [0.5, 0.6) is 0 Å². The molecule has 0 radical (unpaired) electrons. The number of hydrogen-bond acceptors (Lipinski definition) is 8. The number of hydrogen-bond donors (Lipinski definition) is 1. The van der Waals surface area contributed by atoms with Crippen molar-refractivity contribution in [1.29, 1.82) is 0 Å². The van der Waals surface area contributed by atoms with Crippen LogP contribution in [0.25, 0.3) is 0 Å². The van der Waals surface area contributed by atoms with Gasteiger partial charge in [0.1, 0.15) is 11.6 Å². The zero-order chi connectivity index (χ0) is 23.2. The molecule has 2 heterocycles. The van der Waals surface area contributed by atoms with Crippen molar-refractivity contribution in [3.05, 3.63) is 22.2 Å². The zero-order valence-electron chi connectivity index (χ0n) is 19.4. The zero-order valence-corrected chi connectivity index (χ0v) is 20.9. The molecular weight excluding hydrogens is 447 g/mol. The maximum Gasteiger partial charge on any atom is 0.236 e. The van der Waals surface area contributed by atoms with Crippen molar-refractivity contribution in [3.8, 4) is 0 Å². The van der Waals surface area contributed by atoms with E-state index >= 15 is 0 Å². The average Bonchev–Trinajstić information content (AvgIpc) is 2.78. The Morgan fingerprint density at radius 2 is 1.00 bits per heavy atom. The van der Waals surface area contributed by atoms with E-state index in [4.69, 9.17) is 28.9 Å². The minimum atomic E-state index is 0.166. The van der Waals surface area contributed by atoms with E-state index in [-0.39, 0.29) is 10.6 Å². The summed E-state index contributed by atoms with van der Waals surface area (Å²) in [5.74, 6) is 2.16. The molecule has 8 nitrogen and oxygen atoms in total. The predicted molar refractivity (Wildman–Crippen MR) is 131 cm³/mol. The lowest BCUT2D eigenvalue weighted by Crippen LogP contribution is -2.25. The number of nitrogens with zero attached hydrogens (tertiary/aromatic N) is 7. The number of aromatic nitrogens is 6. The molecular formula is C22H36Cl2N8. The third kappa shape index (κ3) is 9.46. The van der Waals surface area contributed by atoms with Crippen LogP contribution in [-0.4, -0.2) is 43.0 Å². The van der Waals surface area contributed by atoms with Gasteiger partial charge in [-0.3, -0.25) is 4.90 Å². The maximum absolute atomic E-state index is 6.15. The molecule has 0 saturated heterocycles. The Balaban J connectivity index is 1.94. The first-order valence-electron chi connectivity index (χ1n) is 11.9. The van der Waals surface area contributed by atoms with Crippen molar-refractivity contribution >= 4 is 35.1 Å². The van der Waals surface area contributed by atoms with Crippen molar-refractivity contribution in [2.45, 2.75) is 90.9 Å². The second-order valence-corrected chi connectivity index (χ2v) is 8.50.